The van der Waals surface area contributed by atoms with E-state index in [0.29, 0.717) is 35.4 Å². The molecule has 52 heavy (non-hydrogen) atoms. The summed E-state index contributed by atoms with van der Waals surface area (Å²) in [5.74, 6) is -1.14. The molecule has 5 aromatic carbocycles. The van der Waals surface area contributed by atoms with Crippen molar-refractivity contribution in [3.8, 4) is 11.5 Å². The van der Waals surface area contributed by atoms with E-state index in [1.807, 2.05) is 36.4 Å². The van der Waals surface area contributed by atoms with Gasteiger partial charge in [0.15, 0.2) is 0 Å². The number of hydrogen-bond acceptors (Lipinski definition) is 8. The third-order valence-corrected chi connectivity index (χ3v) is 8.80. The second-order valence-corrected chi connectivity index (χ2v) is 12.3. The van der Waals surface area contributed by atoms with Crippen LogP contribution in [0.4, 0.5) is 0 Å². The molecule has 1 heterocycles. The molecule has 6 aromatic rings. The standard InChI is InChI=1S/C41H37N3O8/c45-35-20-18-33(34-19-21-37(47)44-38(34)35)36(46)24-42-22-26-10-12-29(13-11-26)39(48)43-23-27-6-8-28(9-7-27)25-52-32-16-14-31(15-17-32)41(51,40(49)50)30-4-2-1-3-5-30/h1-21,36,42,45-46,51H,22-25H2,(H,43,48)(H,44,47)(H,49,50). The highest BCUT2D eigenvalue weighted by atomic mass is 16.5. The van der Waals surface area contributed by atoms with Crippen LogP contribution >= 0.6 is 0 Å². The lowest BCUT2D eigenvalue weighted by atomic mass is 9.86. The smallest absolute Gasteiger partial charge is 0.345 e. The van der Waals surface area contributed by atoms with Gasteiger partial charge in [-0.3, -0.25) is 9.59 Å². The van der Waals surface area contributed by atoms with Crippen LogP contribution in [-0.4, -0.2) is 43.8 Å². The quantitative estimate of drug-likeness (QED) is 0.0833. The zero-order valence-corrected chi connectivity index (χ0v) is 28.0. The number of aromatic hydroxyl groups is 1. The minimum atomic E-state index is -2.18. The van der Waals surface area contributed by atoms with E-state index >= 15 is 0 Å². The number of hydrogen-bond donors (Lipinski definition) is 7. The largest absolute Gasteiger partial charge is 0.506 e. The van der Waals surface area contributed by atoms with Crippen molar-refractivity contribution in [2.24, 2.45) is 0 Å². The number of carboxylic acid groups (broad SMARTS) is 1. The molecule has 0 spiro atoms. The van der Waals surface area contributed by atoms with Gasteiger partial charge < -0.3 is 40.8 Å². The topological polar surface area (TPSA) is 181 Å². The first-order valence-electron chi connectivity index (χ1n) is 16.5. The van der Waals surface area contributed by atoms with Gasteiger partial charge in [0, 0.05) is 36.7 Å². The number of phenols is 1. The third-order valence-electron chi connectivity index (χ3n) is 8.80. The molecule has 0 radical (unpaired) electrons. The number of benzene rings is 5. The van der Waals surface area contributed by atoms with Crippen molar-refractivity contribution in [2.75, 3.05) is 6.54 Å². The molecule has 0 aliphatic carbocycles. The molecular formula is C41H37N3O8. The van der Waals surface area contributed by atoms with Gasteiger partial charge in [0.05, 0.1) is 11.6 Å². The number of aliphatic carboxylic acids is 1. The minimum absolute atomic E-state index is 0.0670. The van der Waals surface area contributed by atoms with E-state index in [1.54, 1.807) is 66.7 Å². The minimum Gasteiger partial charge on any atom is -0.506 e. The summed E-state index contributed by atoms with van der Waals surface area (Å²) in [6.07, 6.45) is -0.880. The monoisotopic (exact) mass is 699 g/mol. The fraction of sp³-hybridized carbons (Fsp3) is 0.146. The molecule has 1 amide bonds. The molecule has 0 saturated heterocycles. The maximum atomic E-state index is 12.8. The highest BCUT2D eigenvalue weighted by Gasteiger charge is 2.40. The van der Waals surface area contributed by atoms with E-state index in [9.17, 15) is 34.8 Å². The van der Waals surface area contributed by atoms with Crippen LogP contribution in [0.2, 0.25) is 0 Å². The summed E-state index contributed by atoms with van der Waals surface area (Å²) in [6.45, 7) is 1.28. The van der Waals surface area contributed by atoms with E-state index in [-0.39, 0.29) is 47.0 Å². The van der Waals surface area contributed by atoms with Crippen LogP contribution in [0.3, 0.4) is 0 Å². The number of H-pyrrole nitrogens is 1. The van der Waals surface area contributed by atoms with Crippen molar-refractivity contribution in [3.63, 3.8) is 0 Å². The molecule has 0 aliphatic rings. The van der Waals surface area contributed by atoms with Gasteiger partial charge in [-0.25, -0.2) is 4.79 Å². The van der Waals surface area contributed by atoms with E-state index in [1.165, 1.54) is 24.3 Å². The molecule has 264 valence electrons. The molecule has 2 atom stereocenters. The van der Waals surface area contributed by atoms with Crippen molar-refractivity contribution >= 4 is 22.8 Å². The van der Waals surface area contributed by atoms with Gasteiger partial charge in [-0.2, -0.15) is 0 Å². The Hall–Kier alpha value is -6.27. The molecule has 6 rings (SSSR count). The molecular weight excluding hydrogens is 662 g/mol. The number of aliphatic hydroxyl groups is 2. The number of phenolic OH excluding ortho intramolecular Hbond substituents is 1. The van der Waals surface area contributed by atoms with Crippen molar-refractivity contribution in [1.29, 1.82) is 0 Å². The van der Waals surface area contributed by atoms with E-state index in [4.69, 9.17) is 4.74 Å². The van der Waals surface area contributed by atoms with Gasteiger partial charge in [0.25, 0.3) is 5.91 Å². The summed E-state index contributed by atoms with van der Waals surface area (Å²) in [6, 6.07) is 35.3. The van der Waals surface area contributed by atoms with Gasteiger partial charge in [-0.1, -0.05) is 84.9 Å². The van der Waals surface area contributed by atoms with E-state index in [2.05, 4.69) is 15.6 Å². The zero-order chi connectivity index (χ0) is 36.7. The van der Waals surface area contributed by atoms with Gasteiger partial charge in [0.2, 0.25) is 11.2 Å². The fourth-order valence-corrected chi connectivity index (χ4v) is 5.88. The average Bonchev–Trinajstić information content (AvgIpc) is 3.17. The zero-order valence-electron chi connectivity index (χ0n) is 28.0. The molecule has 11 nitrogen and oxygen atoms in total. The van der Waals surface area contributed by atoms with Crippen LogP contribution in [0.5, 0.6) is 11.5 Å². The second kappa shape index (κ2) is 15.7. The van der Waals surface area contributed by atoms with E-state index < -0.39 is 17.7 Å². The summed E-state index contributed by atoms with van der Waals surface area (Å²) in [7, 11) is 0. The van der Waals surface area contributed by atoms with E-state index in [0.717, 1.165) is 16.7 Å². The first kappa shape index (κ1) is 35.6. The lowest BCUT2D eigenvalue weighted by Crippen LogP contribution is -2.36. The number of pyridine rings is 1. The van der Waals surface area contributed by atoms with Gasteiger partial charge in [-0.15, -0.1) is 0 Å². The molecule has 0 aliphatic heterocycles. The van der Waals surface area contributed by atoms with Crippen LogP contribution in [0.1, 0.15) is 49.8 Å². The molecule has 11 heteroatoms. The maximum absolute atomic E-state index is 12.8. The number of ether oxygens (including phenoxy) is 1. The Morgan fingerprint density at radius 2 is 1.38 bits per heavy atom. The Morgan fingerprint density at radius 3 is 2.08 bits per heavy atom. The highest BCUT2D eigenvalue weighted by Crippen LogP contribution is 2.32. The molecule has 0 fully saturated rings. The number of rotatable bonds is 14. The van der Waals surface area contributed by atoms with Crippen LogP contribution in [0.25, 0.3) is 10.9 Å². The summed E-state index contributed by atoms with van der Waals surface area (Å²) in [5, 5.41) is 48.4. The maximum Gasteiger partial charge on any atom is 0.345 e. The summed E-state index contributed by atoms with van der Waals surface area (Å²) < 4.78 is 5.88. The van der Waals surface area contributed by atoms with Crippen molar-refractivity contribution < 1.29 is 34.8 Å². The van der Waals surface area contributed by atoms with Crippen molar-refractivity contribution in [2.45, 2.75) is 31.4 Å². The van der Waals surface area contributed by atoms with Crippen LogP contribution in [-0.2, 0) is 30.1 Å². The average molecular weight is 700 g/mol. The predicted molar refractivity (Wildman–Crippen MR) is 195 cm³/mol. The van der Waals surface area contributed by atoms with Crippen LogP contribution in [0, 0.1) is 0 Å². The number of fused-ring (bicyclic) bond motifs is 1. The van der Waals surface area contributed by atoms with Crippen molar-refractivity contribution in [1.82, 2.24) is 15.6 Å². The summed E-state index contributed by atoms with van der Waals surface area (Å²) >= 11 is 0. The predicted octanol–water partition coefficient (Wildman–Crippen LogP) is 4.89. The molecule has 7 N–H and O–H groups in total. The third kappa shape index (κ3) is 8.03. The molecule has 0 saturated carbocycles. The lowest BCUT2D eigenvalue weighted by Gasteiger charge is -2.24. The number of carboxylic acids is 1. The Labute approximate surface area is 298 Å². The van der Waals surface area contributed by atoms with Gasteiger partial charge in [0.1, 0.15) is 18.1 Å². The fourth-order valence-electron chi connectivity index (χ4n) is 5.88. The highest BCUT2D eigenvalue weighted by molar-refractivity contribution is 5.94. The second-order valence-electron chi connectivity index (χ2n) is 12.3. The first-order chi connectivity index (χ1) is 25.1. The number of aliphatic hydroxyl groups excluding tert-OH is 1. The van der Waals surface area contributed by atoms with Gasteiger partial charge >= 0.3 is 5.97 Å². The first-order valence-corrected chi connectivity index (χ1v) is 16.5. The molecule has 1 aromatic heterocycles. The Balaban J connectivity index is 0.951. The molecule has 0 bridgehead atoms. The normalized spacial score (nSPS) is 12.9. The van der Waals surface area contributed by atoms with Gasteiger partial charge in [-0.05, 0) is 69.8 Å². The number of aromatic nitrogens is 1. The van der Waals surface area contributed by atoms with Crippen LogP contribution in [0.15, 0.2) is 132 Å². The summed E-state index contributed by atoms with van der Waals surface area (Å²) in [4.78, 5) is 39.1. The summed E-state index contributed by atoms with van der Waals surface area (Å²) in [5.41, 5.74) is 2.04. The number of amides is 1. The number of nitrogens with one attached hydrogen (secondary N) is 3. The molecule has 2 unspecified atom stereocenters. The SMILES string of the molecule is O=C(NCc1ccc(COc2ccc(C(O)(C(=O)O)c3ccccc3)cc2)cc1)c1ccc(CNCC(O)c2ccc(O)c3[nH]c(=O)ccc23)cc1. The Kier molecular flexibility index (Phi) is 10.8. The number of carbonyl (C=O) groups is 2. The lowest BCUT2D eigenvalue weighted by molar-refractivity contribution is -0.155. The Bertz CT molecular complexity index is 2220. The number of carbonyl (C=O) groups excluding carboxylic acids is 1. The van der Waals surface area contributed by atoms with Crippen LogP contribution < -0.4 is 20.9 Å². The van der Waals surface area contributed by atoms with Crippen molar-refractivity contribution in [3.05, 3.63) is 177 Å². The Morgan fingerprint density at radius 1 is 0.750 bits per heavy atom. The number of aromatic amines is 1.